The molecule has 2 rings (SSSR count). The highest BCUT2D eigenvalue weighted by Gasteiger charge is 2.10. The number of H-pyrrole nitrogens is 1. The van der Waals surface area contributed by atoms with Gasteiger partial charge in [-0.25, -0.2) is 0 Å². The zero-order valence-corrected chi connectivity index (χ0v) is 10.4. The number of nitrogens with zero attached hydrogens (tertiary/aromatic N) is 1. The topological polar surface area (TPSA) is 65.2 Å². The van der Waals surface area contributed by atoms with Gasteiger partial charge in [0, 0.05) is 30.9 Å². The van der Waals surface area contributed by atoms with Gasteiger partial charge >= 0.3 is 0 Å². The number of pyridine rings is 1. The average Bonchev–Trinajstić information content (AvgIpc) is 2.40. The number of carbonyl (C=O) groups is 1. The molecule has 0 spiro atoms. The Labute approximate surface area is 106 Å². The first-order valence-electron chi connectivity index (χ1n) is 6.45. The Morgan fingerprint density at radius 3 is 2.83 bits per heavy atom. The number of piperidine rings is 1. The zero-order valence-electron chi connectivity index (χ0n) is 10.4. The minimum atomic E-state index is -0.251. The summed E-state index contributed by atoms with van der Waals surface area (Å²) in [6.45, 7) is 3.77. The maximum absolute atomic E-state index is 11.8. The maximum atomic E-state index is 11.8. The molecule has 0 unspecified atom stereocenters. The lowest BCUT2D eigenvalue weighted by Gasteiger charge is -2.26. The van der Waals surface area contributed by atoms with Gasteiger partial charge in [0.1, 0.15) is 0 Å². The summed E-state index contributed by atoms with van der Waals surface area (Å²) < 4.78 is 0. The fraction of sp³-hybridized carbons (Fsp3) is 0.538. The van der Waals surface area contributed by atoms with Gasteiger partial charge in [0.2, 0.25) is 5.56 Å². The molecule has 0 atom stereocenters. The molecule has 1 aliphatic heterocycles. The molecule has 2 N–H and O–H groups in total. The number of hydrogen-bond acceptors (Lipinski definition) is 3. The van der Waals surface area contributed by atoms with E-state index in [1.807, 2.05) is 0 Å². The van der Waals surface area contributed by atoms with Crippen molar-refractivity contribution < 1.29 is 4.79 Å². The third kappa shape index (κ3) is 3.70. The summed E-state index contributed by atoms with van der Waals surface area (Å²) in [5, 5.41) is 2.84. The summed E-state index contributed by atoms with van der Waals surface area (Å²) in [4.78, 5) is 27.7. The predicted molar refractivity (Wildman–Crippen MR) is 69.7 cm³/mol. The molecule has 1 amide bonds. The van der Waals surface area contributed by atoms with Crippen molar-refractivity contribution in [3.8, 4) is 0 Å². The number of hydrogen-bond donors (Lipinski definition) is 2. The largest absolute Gasteiger partial charge is 0.351 e. The van der Waals surface area contributed by atoms with Gasteiger partial charge in [0.05, 0.1) is 0 Å². The Morgan fingerprint density at radius 2 is 2.11 bits per heavy atom. The monoisotopic (exact) mass is 249 g/mol. The van der Waals surface area contributed by atoms with Crippen molar-refractivity contribution >= 4 is 5.91 Å². The van der Waals surface area contributed by atoms with E-state index in [1.165, 1.54) is 31.5 Å². The lowest BCUT2D eigenvalue weighted by Crippen LogP contribution is -2.37. The molecule has 2 heterocycles. The van der Waals surface area contributed by atoms with Crippen LogP contribution in [0.5, 0.6) is 0 Å². The van der Waals surface area contributed by atoms with E-state index in [0.717, 1.165) is 19.6 Å². The summed E-state index contributed by atoms with van der Waals surface area (Å²) in [6, 6.07) is 2.92. The van der Waals surface area contributed by atoms with Crippen molar-refractivity contribution in [2.45, 2.75) is 19.3 Å². The zero-order chi connectivity index (χ0) is 12.8. The van der Waals surface area contributed by atoms with Crippen LogP contribution in [0.15, 0.2) is 23.1 Å². The highest BCUT2D eigenvalue weighted by molar-refractivity contribution is 5.93. The summed E-state index contributed by atoms with van der Waals surface area (Å²) in [5.74, 6) is -0.182. The molecular formula is C13H19N3O2. The molecule has 1 aromatic rings. The molecule has 0 saturated carbocycles. The number of aromatic amines is 1. The van der Waals surface area contributed by atoms with Gasteiger partial charge < -0.3 is 15.2 Å². The molecule has 98 valence electrons. The summed E-state index contributed by atoms with van der Waals surface area (Å²) >= 11 is 0. The van der Waals surface area contributed by atoms with E-state index in [2.05, 4.69) is 15.2 Å². The highest BCUT2D eigenvalue weighted by atomic mass is 16.2. The van der Waals surface area contributed by atoms with Crippen molar-refractivity contribution in [3.63, 3.8) is 0 Å². The van der Waals surface area contributed by atoms with Gasteiger partial charge in [-0.05, 0) is 32.0 Å². The number of carbonyl (C=O) groups excluding carboxylic acids is 1. The van der Waals surface area contributed by atoms with Crippen molar-refractivity contribution in [2.24, 2.45) is 0 Å². The molecule has 1 saturated heterocycles. The standard InChI is InChI=1S/C13H19N3O2/c17-12-10-11(4-5-14-12)13(18)15-6-9-16-7-2-1-3-8-16/h4-5,10H,1-3,6-9H2,(H,14,17)(H,15,18). The van der Waals surface area contributed by atoms with Crippen LogP contribution in [0.3, 0.4) is 0 Å². The van der Waals surface area contributed by atoms with Gasteiger partial charge in [-0.2, -0.15) is 0 Å². The summed E-state index contributed by atoms with van der Waals surface area (Å²) in [6.07, 6.45) is 5.31. The Morgan fingerprint density at radius 1 is 1.33 bits per heavy atom. The Balaban J connectivity index is 1.76. The molecule has 0 bridgehead atoms. The Kier molecular flexibility index (Phi) is 4.52. The second-order valence-electron chi connectivity index (χ2n) is 4.60. The fourth-order valence-corrected chi connectivity index (χ4v) is 2.20. The SMILES string of the molecule is O=C(NCCN1CCCCC1)c1cc[nH]c(=O)c1. The van der Waals surface area contributed by atoms with Crippen LogP contribution in [0.1, 0.15) is 29.6 Å². The minimum absolute atomic E-state index is 0.182. The Bertz CT molecular complexity index is 450. The molecule has 1 aliphatic rings. The lowest BCUT2D eigenvalue weighted by molar-refractivity contribution is 0.0946. The first kappa shape index (κ1) is 12.8. The first-order chi connectivity index (χ1) is 8.75. The van der Waals surface area contributed by atoms with Crippen molar-refractivity contribution in [1.29, 1.82) is 0 Å². The number of nitrogens with one attached hydrogen (secondary N) is 2. The van der Waals surface area contributed by atoms with E-state index in [4.69, 9.17) is 0 Å². The van der Waals surface area contributed by atoms with Gasteiger partial charge in [-0.3, -0.25) is 9.59 Å². The van der Waals surface area contributed by atoms with Crippen LogP contribution in [0.25, 0.3) is 0 Å². The second kappa shape index (κ2) is 6.35. The van der Waals surface area contributed by atoms with Crippen LogP contribution in [0.4, 0.5) is 0 Å². The van der Waals surface area contributed by atoms with Crippen LogP contribution in [0.2, 0.25) is 0 Å². The summed E-state index contributed by atoms with van der Waals surface area (Å²) in [5.41, 5.74) is 0.163. The number of amides is 1. The van der Waals surface area contributed by atoms with Gasteiger partial charge in [-0.15, -0.1) is 0 Å². The average molecular weight is 249 g/mol. The minimum Gasteiger partial charge on any atom is -0.351 e. The molecule has 1 fully saturated rings. The van der Waals surface area contributed by atoms with Gasteiger partial charge in [0.15, 0.2) is 0 Å². The number of likely N-dealkylation sites (tertiary alicyclic amines) is 1. The van der Waals surface area contributed by atoms with Crippen molar-refractivity contribution in [2.75, 3.05) is 26.2 Å². The number of rotatable bonds is 4. The Hall–Kier alpha value is -1.62. The molecule has 0 radical (unpaired) electrons. The third-order valence-corrected chi connectivity index (χ3v) is 3.20. The lowest BCUT2D eigenvalue weighted by atomic mass is 10.1. The van der Waals surface area contributed by atoms with Crippen LogP contribution >= 0.6 is 0 Å². The van der Waals surface area contributed by atoms with E-state index in [1.54, 1.807) is 6.07 Å². The normalized spacial score (nSPS) is 16.4. The summed E-state index contributed by atoms with van der Waals surface area (Å²) in [7, 11) is 0. The van der Waals surface area contributed by atoms with Crippen molar-refractivity contribution in [3.05, 3.63) is 34.2 Å². The molecule has 5 nitrogen and oxygen atoms in total. The van der Waals surface area contributed by atoms with Crippen LogP contribution in [-0.2, 0) is 0 Å². The molecule has 0 aliphatic carbocycles. The molecule has 1 aromatic heterocycles. The smallest absolute Gasteiger partial charge is 0.251 e. The second-order valence-corrected chi connectivity index (χ2v) is 4.60. The molecule has 18 heavy (non-hydrogen) atoms. The molecule has 5 heteroatoms. The van der Waals surface area contributed by atoms with E-state index >= 15 is 0 Å². The van der Waals surface area contributed by atoms with Crippen molar-refractivity contribution in [1.82, 2.24) is 15.2 Å². The van der Waals surface area contributed by atoms with Crippen LogP contribution in [-0.4, -0.2) is 42.0 Å². The van der Waals surface area contributed by atoms with E-state index in [-0.39, 0.29) is 11.5 Å². The van der Waals surface area contributed by atoms with Gasteiger partial charge in [-0.1, -0.05) is 6.42 Å². The van der Waals surface area contributed by atoms with E-state index in [9.17, 15) is 9.59 Å². The quantitative estimate of drug-likeness (QED) is 0.821. The predicted octanol–water partition coefficient (Wildman–Crippen LogP) is 0.591. The third-order valence-electron chi connectivity index (χ3n) is 3.20. The van der Waals surface area contributed by atoms with E-state index in [0.29, 0.717) is 12.1 Å². The van der Waals surface area contributed by atoms with Crippen LogP contribution < -0.4 is 10.9 Å². The van der Waals surface area contributed by atoms with Crippen LogP contribution in [0, 0.1) is 0 Å². The molecular weight excluding hydrogens is 230 g/mol. The van der Waals surface area contributed by atoms with Gasteiger partial charge in [0.25, 0.3) is 5.91 Å². The first-order valence-corrected chi connectivity index (χ1v) is 6.45. The van der Waals surface area contributed by atoms with E-state index < -0.39 is 0 Å². The highest BCUT2D eigenvalue weighted by Crippen LogP contribution is 2.07. The molecule has 0 aromatic carbocycles. The fourth-order valence-electron chi connectivity index (χ4n) is 2.20. The maximum Gasteiger partial charge on any atom is 0.251 e. The number of aromatic nitrogens is 1.